The first-order valence-electron chi connectivity index (χ1n) is 10.6. The fraction of sp³-hybridized carbons (Fsp3) is 0.455. The van der Waals surface area contributed by atoms with Crippen LogP contribution in [0.3, 0.4) is 0 Å². The standard InChI is InChI=1S/C22H26F4N6O/c1-11(2)31-10-32(30(5)21(31)13(4)33)18-8-14-6-7-16(27-17(14)9-15(18)23)19-12(3)28-29-20(19)22(24,25)26/h6-9,11,13,21,33H,10H2,1-5H3,(H,28,29). The Morgan fingerprint density at radius 2 is 1.88 bits per heavy atom. The third-order valence-electron chi connectivity index (χ3n) is 6.02. The van der Waals surface area contributed by atoms with Gasteiger partial charge in [-0.25, -0.2) is 14.4 Å². The van der Waals surface area contributed by atoms with E-state index in [1.54, 1.807) is 36.1 Å². The number of likely N-dealkylation sites (N-methyl/N-ethyl adjacent to an activating group) is 1. The maximum atomic E-state index is 15.2. The molecule has 1 saturated heterocycles. The summed E-state index contributed by atoms with van der Waals surface area (Å²) in [6, 6.07) is 6.05. The van der Waals surface area contributed by atoms with Gasteiger partial charge in [-0.1, -0.05) is 6.07 Å². The van der Waals surface area contributed by atoms with Crippen LogP contribution in [0, 0.1) is 12.7 Å². The molecule has 2 unspecified atom stereocenters. The Hall–Kier alpha value is -2.76. The number of fused-ring (bicyclic) bond motifs is 1. The van der Waals surface area contributed by atoms with Crippen molar-refractivity contribution in [2.24, 2.45) is 0 Å². The van der Waals surface area contributed by atoms with Gasteiger partial charge in [-0.2, -0.15) is 18.3 Å². The van der Waals surface area contributed by atoms with Gasteiger partial charge in [0.25, 0.3) is 0 Å². The fourth-order valence-electron chi connectivity index (χ4n) is 4.42. The van der Waals surface area contributed by atoms with E-state index < -0.39 is 23.8 Å². The Labute approximate surface area is 188 Å². The Bertz CT molecular complexity index is 1180. The van der Waals surface area contributed by atoms with E-state index in [1.807, 2.05) is 18.9 Å². The summed E-state index contributed by atoms with van der Waals surface area (Å²) >= 11 is 0. The highest BCUT2D eigenvalue weighted by Crippen LogP contribution is 2.38. The summed E-state index contributed by atoms with van der Waals surface area (Å²) in [5.41, 5.74) is -0.392. The van der Waals surface area contributed by atoms with Crippen LogP contribution in [0.4, 0.5) is 23.2 Å². The predicted molar refractivity (Wildman–Crippen MR) is 117 cm³/mol. The zero-order valence-electron chi connectivity index (χ0n) is 18.9. The van der Waals surface area contributed by atoms with E-state index in [4.69, 9.17) is 0 Å². The number of hydrazine groups is 1. The summed E-state index contributed by atoms with van der Waals surface area (Å²) in [6.07, 6.45) is -5.62. The topological polar surface area (TPSA) is 71.5 Å². The molecule has 0 radical (unpaired) electrons. The Kier molecular flexibility index (Phi) is 5.83. The van der Waals surface area contributed by atoms with Crippen LogP contribution in [0.25, 0.3) is 22.2 Å². The highest BCUT2D eigenvalue weighted by molar-refractivity contribution is 5.85. The average molecular weight is 466 g/mol. The third-order valence-corrected chi connectivity index (χ3v) is 6.02. The first-order chi connectivity index (χ1) is 15.4. The molecule has 1 aromatic carbocycles. The fourth-order valence-corrected chi connectivity index (χ4v) is 4.42. The molecule has 0 amide bonds. The number of anilines is 1. The second-order valence-electron chi connectivity index (χ2n) is 8.63. The minimum Gasteiger partial charge on any atom is -0.390 e. The lowest BCUT2D eigenvalue weighted by Crippen LogP contribution is -2.48. The van der Waals surface area contributed by atoms with Gasteiger partial charge in [0, 0.05) is 24.5 Å². The smallest absolute Gasteiger partial charge is 0.390 e. The van der Waals surface area contributed by atoms with Crippen molar-refractivity contribution in [2.45, 2.75) is 52.2 Å². The first-order valence-corrected chi connectivity index (χ1v) is 10.6. The summed E-state index contributed by atoms with van der Waals surface area (Å²) in [5, 5.41) is 20.1. The molecular formula is C22H26F4N6O. The molecule has 0 spiro atoms. The van der Waals surface area contributed by atoms with Crippen LogP contribution < -0.4 is 5.01 Å². The van der Waals surface area contributed by atoms with E-state index in [1.165, 1.54) is 19.1 Å². The minimum atomic E-state index is -4.62. The largest absolute Gasteiger partial charge is 0.433 e. The Balaban J connectivity index is 1.76. The number of pyridine rings is 1. The average Bonchev–Trinajstić information content (AvgIpc) is 3.27. The maximum Gasteiger partial charge on any atom is 0.433 e. The highest BCUT2D eigenvalue weighted by atomic mass is 19.4. The lowest BCUT2D eigenvalue weighted by Gasteiger charge is -2.32. The summed E-state index contributed by atoms with van der Waals surface area (Å²) in [7, 11) is 1.78. The maximum absolute atomic E-state index is 15.2. The number of aliphatic hydroxyl groups is 1. The number of benzene rings is 1. The first kappa shape index (κ1) is 23.4. The van der Waals surface area contributed by atoms with Gasteiger partial charge in [0.15, 0.2) is 0 Å². The molecule has 2 aromatic heterocycles. The van der Waals surface area contributed by atoms with Gasteiger partial charge in [-0.15, -0.1) is 0 Å². The summed E-state index contributed by atoms with van der Waals surface area (Å²) in [4.78, 5) is 6.36. The number of aromatic amines is 1. The van der Waals surface area contributed by atoms with Crippen LogP contribution in [0.5, 0.6) is 0 Å². The lowest BCUT2D eigenvalue weighted by atomic mass is 10.1. The minimum absolute atomic E-state index is 0.0617. The second-order valence-corrected chi connectivity index (χ2v) is 8.63. The summed E-state index contributed by atoms with van der Waals surface area (Å²) < 4.78 is 55.4. The third kappa shape index (κ3) is 4.04. The quantitative estimate of drug-likeness (QED) is 0.564. The molecule has 2 atom stereocenters. The molecule has 0 bridgehead atoms. The molecule has 3 aromatic rings. The number of rotatable bonds is 4. The zero-order chi connectivity index (χ0) is 24.2. The van der Waals surface area contributed by atoms with Crippen molar-refractivity contribution in [2.75, 3.05) is 18.7 Å². The monoisotopic (exact) mass is 466 g/mol. The van der Waals surface area contributed by atoms with Gasteiger partial charge in [-0.3, -0.25) is 15.0 Å². The van der Waals surface area contributed by atoms with Crippen LogP contribution in [0.1, 0.15) is 32.2 Å². The van der Waals surface area contributed by atoms with Crippen molar-refractivity contribution in [3.05, 3.63) is 41.5 Å². The van der Waals surface area contributed by atoms with Crippen LogP contribution in [0.15, 0.2) is 24.3 Å². The number of aryl methyl sites for hydroxylation is 1. The zero-order valence-corrected chi connectivity index (χ0v) is 18.9. The molecule has 1 fully saturated rings. The van der Waals surface area contributed by atoms with Gasteiger partial charge < -0.3 is 5.11 Å². The summed E-state index contributed by atoms with van der Waals surface area (Å²) in [5.74, 6) is -0.561. The number of alkyl halides is 3. The van der Waals surface area contributed by atoms with Gasteiger partial charge in [-0.05, 0) is 39.8 Å². The van der Waals surface area contributed by atoms with Gasteiger partial charge >= 0.3 is 6.18 Å². The number of nitrogens with one attached hydrogen (secondary N) is 1. The normalized spacial score (nSPS) is 19.2. The molecule has 7 nitrogen and oxygen atoms in total. The number of nitrogens with zero attached hydrogens (tertiary/aromatic N) is 5. The molecule has 2 N–H and O–H groups in total. The SMILES string of the molecule is Cc1n[nH]c(C(F)(F)F)c1-c1ccc2cc(N3CN(C(C)C)C(C(C)O)N3C)c(F)cc2n1. The van der Waals surface area contributed by atoms with E-state index in [9.17, 15) is 18.3 Å². The van der Waals surface area contributed by atoms with Crippen molar-refractivity contribution in [1.82, 2.24) is 25.1 Å². The number of aromatic nitrogens is 3. The molecule has 1 aliphatic heterocycles. The number of hydrogen-bond donors (Lipinski definition) is 2. The van der Waals surface area contributed by atoms with Crippen LogP contribution in [-0.2, 0) is 6.18 Å². The van der Waals surface area contributed by atoms with Gasteiger partial charge in [0.2, 0.25) is 0 Å². The van der Waals surface area contributed by atoms with E-state index >= 15 is 4.39 Å². The second kappa shape index (κ2) is 8.23. The predicted octanol–water partition coefficient (Wildman–Crippen LogP) is 4.13. The Morgan fingerprint density at radius 1 is 1.18 bits per heavy atom. The molecule has 1 aliphatic rings. The van der Waals surface area contributed by atoms with Crippen LogP contribution in [-0.4, -0.2) is 62.2 Å². The molecular weight excluding hydrogens is 440 g/mol. The van der Waals surface area contributed by atoms with Crippen molar-refractivity contribution < 1.29 is 22.7 Å². The Morgan fingerprint density at radius 3 is 2.45 bits per heavy atom. The number of aliphatic hydroxyl groups excluding tert-OH is 1. The molecule has 33 heavy (non-hydrogen) atoms. The van der Waals surface area contributed by atoms with Crippen molar-refractivity contribution in [3.63, 3.8) is 0 Å². The molecule has 4 rings (SSSR count). The van der Waals surface area contributed by atoms with E-state index in [2.05, 4.69) is 15.0 Å². The molecule has 178 valence electrons. The van der Waals surface area contributed by atoms with Gasteiger partial charge in [0.1, 0.15) is 17.7 Å². The van der Waals surface area contributed by atoms with E-state index in [-0.39, 0.29) is 34.7 Å². The molecule has 0 saturated carbocycles. The van der Waals surface area contributed by atoms with Crippen molar-refractivity contribution >= 4 is 16.6 Å². The van der Waals surface area contributed by atoms with E-state index in [0.717, 1.165) is 0 Å². The van der Waals surface area contributed by atoms with Crippen molar-refractivity contribution in [3.8, 4) is 11.3 Å². The van der Waals surface area contributed by atoms with Crippen LogP contribution in [0.2, 0.25) is 0 Å². The molecule has 3 heterocycles. The summed E-state index contributed by atoms with van der Waals surface area (Å²) in [6.45, 7) is 7.53. The lowest BCUT2D eigenvalue weighted by molar-refractivity contribution is -0.140. The number of halogens is 4. The van der Waals surface area contributed by atoms with E-state index in [0.29, 0.717) is 17.7 Å². The van der Waals surface area contributed by atoms with Crippen LogP contribution >= 0.6 is 0 Å². The number of H-pyrrole nitrogens is 1. The van der Waals surface area contributed by atoms with Gasteiger partial charge in [0.05, 0.1) is 40.9 Å². The molecule has 11 heteroatoms. The molecule has 0 aliphatic carbocycles. The highest BCUT2D eigenvalue weighted by Gasteiger charge is 2.41. The number of hydrogen-bond acceptors (Lipinski definition) is 6. The van der Waals surface area contributed by atoms with Crippen molar-refractivity contribution in [1.29, 1.82) is 0 Å².